The molecule has 17 heavy (non-hydrogen) atoms. The Kier molecular flexibility index (Phi) is 5.08. The molecule has 0 saturated heterocycles. The summed E-state index contributed by atoms with van der Waals surface area (Å²) in [5.41, 5.74) is -0.454. The molecule has 0 saturated carbocycles. The Morgan fingerprint density at radius 1 is 1.41 bits per heavy atom. The van der Waals surface area contributed by atoms with Crippen molar-refractivity contribution in [1.82, 2.24) is 5.32 Å². The summed E-state index contributed by atoms with van der Waals surface area (Å²) in [4.78, 5) is 12.3. The van der Waals surface area contributed by atoms with Crippen molar-refractivity contribution in [2.75, 3.05) is 19.8 Å². The Hall–Kier alpha value is -0.470. The Morgan fingerprint density at radius 3 is 2.29 bits per heavy atom. The van der Waals surface area contributed by atoms with Crippen LogP contribution in [0.4, 0.5) is 0 Å². The number of hydrogen-bond donors (Lipinski definition) is 4. The van der Waals surface area contributed by atoms with Gasteiger partial charge in [-0.1, -0.05) is 0 Å². The maximum absolute atomic E-state index is 11.8. The topological polar surface area (TPSA) is 89.8 Å². The minimum absolute atomic E-state index is 0.430. The zero-order chi connectivity index (χ0) is 13.1. The number of nitrogens with one attached hydrogen (secondary N) is 1. The molecule has 7 heteroatoms. The highest BCUT2D eigenvalue weighted by Crippen LogP contribution is 2.27. The second kappa shape index (κ2) is 5.92. The van der Waals surface area contributed by atoms with Crippen molar-refractivity contribution in [3.63, 3.8) is 0 Å². The molecule has 4 N–H and O–H groups in total. The van der Waals surface area contributed by atoms with Gasteiger partial charge in [-0.3, -0.25) is 4.79 Å². The second-order valence-corrected chi connectivity index (χ2v) is 6.15. The number of carbonyl (C=O) groups excluding carboxylic acids is 1. The maximum atomic E-state index is 11.8. The van der Waals surface area contributed by atoms with Crippen molar-refractivity contribution in [3.05, 3.63) is 20.3 Å². The highest BCUT2D eigenvalue weighted by Gasteiger charge is 2.30. The first-order valence-electron chi connectivity index (χ1n) is 4.89. The third-order valence-electron chi connectivity index (χ3n) is 2.37. The number of rotatable bonds is 5. The highest BCUT2D eigenvalue weighted by molar-refractivity contribution is 9.11. The number of amides is 1. The van der Waals surface area contributed by atoms with Crippen molar-refractivity contribution in [1.29, 1.82) is 0 Å². The number of thiophene rings is 1. The Labute approximate surface area is 111 Å². The predicted octanol–water partition coefficient (Wildman–Crippen LogP) is 0.265. The lowest BCUT2D eigenvalue weighted by atomic mass is 10.0. The molecule has 1 aromatic heterocycles. The van der Waals surface area contributed by atoms with Crippen LogP contribution in [0.15, 0.2) is 9.85 Å². The summed E-state index contributed by atoms with van der Waals surface area (Å²) in [6.07, 6.45) is 0. The van der Waals surface area contributed by atoms with E-state index in [1.807, 2.05) is 6.92 Å². The smallest absolute Gasteiger partial charge is 0.262 e. The SMILES string of the molecule is Cc1cc(C(=O)NC(CO)(CO)CO)sc1Br. The monoisotopic (exact) mass is 323 g/mol. The van der Waals surface area contributed by atoms with Gasteiger partial charge < -0.3 is 20.6 Å². The van der Waals surface area contributed by atoms with E-state index in [1.165, 1.54) is 11.3 Å². The van der Waals surface area contributed by atoms with Gasteiger partial charge in [0.05, 0.1) is 28.5 Å². The molecule has 0 aliphatic carbocycles. The van der Waals surface area contributed by atoms with Crippen molar-refractivity contribution < 1.29 is 20.1 Å². The van der Waals surface area contributed by atoms with E-state index in [1.54, 1.807) is 6.07 Å². The normalized spacial score (nSPS) is 11.6. The predicted molar refractivity (Wildman–Crippen MR) is 68.2 cm³/mol. The molecular weight excluding hydrogens is 310 g/mol. The molecule has 0 unspecified atom stereocenters. The zero-order valence-electron chi connectivity index (χ0n) is 9.23. The summed E-state index contributed by atoms with van der Waals surface area (Å²) in [7, 11) is 0. The van der Waals surface area contributed by atoms with Crippen LogP contribution in [-0.2, 0) is 0 Å². The molecule has 0 aliphatic rings. The number of aliphatic hydroxyl groups is 3. The highest BCUT2D eigenvalue weighted by atomic mass is 79.9. The molecule has 0 aliphatic heterocycles. The molecule has 1 amide bonds. The minimum atomic E-state index is -1.39. The lowest BCUT2D eigenvalue weighted by Gasteiger charge is -2.28. The zero-order valence-corrected chi connectivity index (χ0v) is 11.6. The third-order valence-corrected chi connectivity index (χ3v) is 4.50. The van der Waals surface area contributed by atoms with E-state index in [2.05, 4.69) is 21.2 Å². The van der Waals surface area contributed by atoms with Crippen LogP contribution >= 0.6 is 27.3 Å². The van der Waals surface area contributed by atoms with E-state index in [0.717, 1.165) is 9.35 Å². The third kappa shape index (κ3) is 3.26. The van der Waals surface area contributed by atoms with Crippen molar-refractivity contribution >= 4 is 33.2 Å². The number of aryl methyl sites for hydroxylation is 1. The van der Waals surface area contributed by atoms with Gasteiger partial charge in [-0.25, -0.2) is 0 Å². The molecule has 96 valence electrons. The van der Waals surface area contributed by atoms with Gasteiger partial charge in [0, 0.05) is 0 Å². The number of aliphatic hydroxyl groups excluding tert-OH is 3. The van der Waals surface area contributed by atoms with E-state index in [0.29, 0.717) is 4.88 Å². The second-order valence-electron chi connectivity index (χ2n) is 3.78. The van der Waals surface area contributed by atoms with Crippen molar-refractivity contribution in [3.8, 4) is 0 Å². The molecule has 0 spiro atoms. The minimum Gasteiger partial charge on any atom is -0.394 e. The van der Waals surface area contributed by atoms with Gasteiger partial charge in [0.25, 0.3) is 5.91 Å². The van der Waals surface area contributed by atoms with E-state index >= 15 is 0 Å². The summed E-state index contributed by atoms with van der Waals surface area (Å²) in [6.45, 7) is 0.264. The van der Waals surface area contributed by atoms with Crippen LogP contribution in [-0.4, -0.2) is 46.6 Å². The average Bonchev–Trinajstić information content (AvgIpc) is 2.67. The van der Waals surface area contributed by atoms with E-state index in [4.69, 9.17) is 15.3 Å². The van der Waals surface area contributed by atoms with Crippen LogP contribution in [0.5, 0.6) is 0 Å². The summed E-state index contributed by atoms with van der Waals surface area (Å²) in [6, 6.07) is 1.70. The first-order chi connectivity index (χ1) is 7.98. The summed E-state index contributed by atoms with van der Waals surface area (Å²) in [5.74, 6) is -0.430. The molecular formula is C10H14BrNO4S. The van der Waals surface area contributed by atoms with Gasteiger partial charge in [0.2, 0.25) is 0 Å². The van der Waals surface area contributed by atoms with Gasteiger partial charge in [-0.15, -0.1) is 11.3 Å². The summed E-state index contributed by atoms with van der Waals surface area (Å²) < 4.78 is 0.852. The molecule has 0 fully saturated rings. The lowest BCUT2D eigenvalue weighted by molar-refractivity contribution is 0.0377. The molecule has 0 aromatic carbocycles. The number of hydrogen-bond acceptors (Lipinski definition) is 5. The Bertz CT molecular complexity index is 375. The van der Waals surface area contributed by atoms with Gasteiger partial charge in [-0.2, -0.15) is 0 Å². The molecule has 1 aromatic rings. The Morgan fingerprint density at radius 2 is 1.94 bits per heavy atom. The van der Waals surface area contributed by atoms with Crippen molar-refractivity contribution in [2.45, 2.75) is 12.5 Å². The fourth-order valence-electron chi connectivity index (χ4n) is 1.14. The van der Waals surface area contributed by atoms with E-state index in [9.17, 15) is 4.79 Å². The number of carbonyl (C=O) groups is 1. The quantitative estimate of drug-likeness (QED) is 0.626. The Balaban J connectivity index is 2.84. The molecule has 0 atom stereocenters. The summed E-state index contributed by atoms with van der Waals surface area (Å²) in [5, 5.41) is 29.7. The maximum Gasteiger partial charge on any atom is 0.262 e. The molecule has 0 radical (unpaired) electrons. The average molecular weight is 324 g/mol. The standard InChI is InChI=1S/C10H14BrNO4S/c1-6-2-7(17-8(6)11)9(16)12-10(3-13,4-14)5-15/h2,13-15H,3-5H2,1H3,(H,12,16). The van der Waals surface area contributed by atoms with Crippen LogP contribution in [0, 0.1) is 6.92 Å². The van der Waals surface area contributed by atoms with Gasteiger partial charge >= 0.3 is 0 Å². The van der Waals surface area contributed by atoms with Crippen LogP contribution in [0.2, 0.25) is 0 Å². The van der Waals surface area contributed by atoms with Crippen LogP contribution in [0.25, 0.3) is 0 Å². The van der Waals surface area contributed by atoms with Gasteiger partial charge in [0.1, 0.15) is 5.54 Å². The number of halogens is 1. The van der Waals surface area contributed by atoms with Crippen LogP contribution in [0.1, 0.15) is 15.2 Å². The first kappa shape index (κ1) is 14.6. The molecule has 1 rings (SSSR count). The molecule has 1 heterocycles. The summed E-state index contributed by atoms with van der Waals surface area (Å²) >= 11 is 4.56. The largest absolute Gasteiger partial charge is 0.394 e. The van der Waals surface area contributed by atoms with E-state index in [-0.39, 0.29) is 0 Å². The fraction of sp³-hybridized carbons (Fsp3) is 0.500. The van der Waals surface area contributed by atoms with Crippen LogP contribution in [0.3, 0.4) is 0 Å². The van der Waals surface area contributed by atoms with Gasteiger partial charge in [-0.05, 0) is 34.5 Å². The molecule has 0 bridgehead atoms. The van der Waals surface area contributed by atoms with Crippen LogP contribution < -0.4 is 5.32 Å². The first-order valence-corrected chi connectivity index (χ1v) is 6.50. The van der Waals surface area contributed by atoms with Crippen molar-refractivity contribution in [2.24, 2.45) is 0 Å². The lowest BCUT2D eigenvalue weighted by Crippen LogP contribution is -2.56. The molecule has 5 nitrogen and oxygen atoms in total. The van der Waals surface area contributed by atoms with Gasteiger partial charge in [0.15, 0.2) is 0 Å². The fourth-order valence-corrected chi connectivity index (χ4v) is 2.57. The van der Waals surface area contributed by atoms with E-state index < -0.39 is 31.3 Å².